The van der Waals surface area contributed by atoms with Gasteiger partial charge in [0.1, 0.15) is 28.9 Å². The van der Waals surface area contributed by atoms with Crippen LogP contribution in [0.5, 0.6) is 17.2 Å². The molecule has 0 radical (unpaired) electrons. The molecule has 0 amide bonds. The Morgan fingerprint density at radius 3 is 2.24 bits per heavy atom. The number of esters is 1. The van der Waals surface area contributed by atoms with Gasteiger partial charge in [0, 0.05) is 18.4 Å². The fraction of sp³-hybridized carbons (Fsp3) is 0.585. The Morgan fingerprint density at radius 2 is 1.62 bits per heavy atom. The summed E-state index contributed by atoms with van der Waals surface area (Å²) in [5.41, 5.74) is 2.06. The average molecular weight is 711 g/mol. The molecular weight excluding hydrogens is 649 g/mol. The van der Waals surface area contributed by atoms with Crippen LogP contribution in [-0.4, -0.2) is 65.6 Å². The topological polar surface area (TPSA) is 92.7 Å². The van der Waals surface area contributed by atoms with E-state index in [0.717, 1.165) is 17.7 Å². The zero-order chi connectivity index (χ0) is 37.1. The highest BCUT2D eigenvalue weighted by molar-refractivity contribution is 6.74. The highest BCUT2D eigenvalue weighted by atomic mass is 28.4. The summed E-state index contributed by atoms with van der Waals surface area (Å²) in [6.45, 7) is 18.7. The van der Waals surface area contributed by atoms with Gasteiger partial charge >= 0.3 is 5.97 Å². The third-order valence-corrected chi connectivity index (χ3v) is 14.9. The summed E-state index contributed by atoms with van der Waals surface area (Å²) in [6, 6.07) is 11.4. The van der Waals surface area contributed by atoms with E-state index in [9.17, 15) is 9.90 Å². The van der Waals surface area contributed by atoms with Gasteiger partial charge in [0.25, 0.3) is 0 Å². The van der Waals surface area contributed by atoms with Crippen LogP contribution in [0.3, 0.4) is 0 Å². The first kappa shape index (κ1) is 41.3. The van der Waals surface area contributed by atoms with Crippen molar-refractivity contribution in [3.05, 3.63) is 77.4 Å². The number of benzene rings is 2. The minimum absolute atomic E-state index is 0.00123. The van der Waals surface area contributed by atoms with Crippen molar-refractivity contribution in [2.75, 3.05) is 27.9 Å². The quantitative estimate of drug-likeness (QED) is 0.0900. The van der Waals surface area contributed by atoms with Gasteiger partial charge in [-0.3, -0.25) is 0 Å². The van der Waals surface area contributed by atoms with E-state index in [1.807, 2.05) is 31.2 Å². The predicted molar refractivity (Wildman–Crippen MR) is 203 cm³/mol. The number of aliphatic hydroxyl groups excluding tert-OH is 1. The molecule has 2 aromatic carbocycles. The standard InChI is InChI=1S/C41H62O8Si/c1-28-16-12-13-18-36(48-40(43)38-32(25-35(28)42)24-34(45-8)26-37(38)46-9)30(3)39(49-50(10,11)41(4,5)6)29(2)17-14-15-23-47-27-31-19-21-33(44-7)22-20-31/h12-15,19-22,24,26,28-30,35-36,39,42H,16-18,23,25,27H2,1-11H3/b13-12-,15-14-/t28-,29+,30+,35+,36-,39+/m0/s1. The Balaban J connectivity index is 1.87. The molecule has 0 saturated carbocycles. The van der Waals surface area contributed by atoms with E-state index in [-0.39, 0.29) is 35.3 Å². The normalized spacial score (nSPS) is 21.6. The molecule has 0 saturated heterocycles. The largest absolute Gasteiger partial charge is 0.497 e. The summed E-state index contributed by atoms with van der Waals surface area (Å²) >= 11 is 0. The fourth-order valence-corrected chi connectivity index (χ4v) is 7.44. The molecule has 50 heavy (non-hydrogen) atoms. The summed E-state index contributed by atoms with van der Waals surface area (Å²) in [7, 11) is 2.55. The van der Waals surface area contributed by atoms with Gasteiger partial charge in [-0.1, -0.05) is 78.0 Å². The van der Waals surface area contributed by atoms with Crippen LogP contribution in [-0.2, 0) is 26.9 Å². The SMILES string of the molecule is COc1ccc(COC/C=C\C[C@@H](C)[C@@H](O[Si](C)(C)C(C)(C)C)[C@H](C)[C@@H]2C/C=C\C[C@H](C)[C@H](O)Cc3cc(OC)cc(OC)c3C(=O)O2)cc1. The smallest absolute Gasteiger partial charge is 0.342 e. The molecule has 8 nitrogen and oxygen atoms in total. The maximum absolute atomic E-state index is 14.1. The number of carbonyl (C=O) groups excluding carboxylic acids is 1. The maximum Gasteiger partial charge on any atom is 0.342 e. The van der Waals surface area contributed by atoms with Gasteiger partial charge in [-0.15, -0.1) is 0 Å². The van der Waals surface area contributed by atoms with Gasteiger partial charge in [-0.25, -0.2) is 4.79 Å². The van der Waals surface area contributed by atoms with Gasteiger partial charge in [-0.2, -0.15) is 0 Å². The van der Waals surface area contributed by atoms with Gasteiger partial charge in [0.05, 0.1) is 46.8 Å². The fourth-order valence-electron chi connectivity index (χ4n) is 5.96. The molecule has 278 valence electrons. The number of methoxy groups -OCH3 is 3. The second-order valence-corrected chi connectivity index (χ2v) is 20.0. The summed E-state index contributed by atoms with van der Waals surface area (Å²) < 4.78 is 36.0. The highest BCUT2D eigenvalue weighted by Gasteiger charge is 2.43. The van der Waals surface area contributed by atoms with Crippen molar-refractivity contribution in [3.63, 3.8) is 0 Å². The van der Waals surface area contributed by atoms with Gasteiger partial charge in [0.2, 0.25) is 0 Å². The van der Waals surface area contributed by atoms with E-state index in [4.69, 9.17) is 28.1 Å². The molecule has 1 aliphatic heterocycles. The maximum atomic E-state index is 14.1. The Hall–Kier alpha value is -3.11. The van der Waals surface area contributed by atoms with Crippen molar-refractivity contribution >= 4 is 14.3 Å². The molecule has 0 bridgehead atoms. The number of aliphatic hydroxyl groups is 1. The van der Waals surface area contributed by atoms with Crippen LogP contribution in [0.2, 0.25) is 18.1 Å². The Labute approximate surface area is 302 Å². The third kappa shape index (κ3) is 11.5. The summed E-state index contributed by atoms with van der Waals surface area (Å²) in [6.07, 6.45) is 9.45. The molecule has 1 aliphatic rings. The number of allylic oxidation sites excluding steroid dienone is 2. The van der Waals surface area contributed by atoms with Crippen molar-refractivity contribution < 1.29 is 38.0 Å². The molecule has 0 aromatic heterocycles. The molecule has 2 aromatic rings. The minimum Gasteiger partial charge on any atom is -0.497 e. The lowest BCUT2D eigenvalue weighted by molar-refractivity contribution is -0.0226. The lowest BCUT2D eigenvalue weighted by atomic mass is 9.85. The highest BCUT2D eigenvalue weighted by Crippen LogP contribution is 2.41. The third-order valence-electron chi connectivity index (χ3n) is 10.4. The molecule has 0 unspecified atom stereocenters. The van der Waals surface area contributed by atoms with E-state index in [1.54, 1.807) is 26.4 Å². The first-order valence-corrected chi connectivity index (χ1v) is 20.8. The van der Waals surface area contributed by atoms with Crippen LogP contribution in [0.1, 0.15) is 82.3 Å². The van der Waals surface area contributed by atoms with Crippen LogP contribution in [0.25, 0.3) is 0 Å². The zero-order valence-corrected chi connectivity index (χ0v) is 33.3. The number of carbonyl (C=O) groups is 1. The average Bonchev–Trinajstić information content (AvgIpc) is 3.08. The van der Waals surface area contributed by atoms with E-state index < -0.39 is 26.5 Å². The van der Waals surface area contributed by atoms with Crippen molar-refractivity contribution in [2.24, 2.45) is 17.8 Å². The number of hydrogen-bond acceptors (Lipinski definition) is 8. The summed E-state index contributed by atoms with van der Waals surface area (Å²) in [5.74, 6) is 1.29. The van der Waals surface area contributed by atoms with Crippen LogP contribution in [0.4, 0.5) is 0 Å². The van der Waals surface area contributed by atoms with Gasteiger partial charge < -0.3 is 33.2 Å². The van der Waals surface area contributed by atoms with Crippen molar-refractivity contribution in [2.45, 2.75) is 110 Å². The van der Waals surface area contributed by atoms with Crippen molar-refractivity contribution in [1.29, 1.82) is 0 Å². The van der Waals surface area contributed by atoms with Crippen LogP contribution in [0, 0.1) is 17.8 Å². The van der Waals surface area contributed by atoms with Gasteiger partial charge in [0.15, 0.2) is 8.32 Å². The van der Waals surface area contributed by atoms with Crippen molar-refractivity contribution in [3.8, 4) is 17.2 Å². The second-order valence-electron chi connectivity index (χ2n) is 15.2. The molecular formula is C41H62O8Si. The lowest BCUT2D eigenvalue weighted by Gasteiger charge is -2.44. The number of hydrogen-bond donors (Lipinski definition) is 1. The molecule has 0 spiro atoms. The van der Waals surface area contributed by atoms with Gasteiger partial charge in [-0.05, 0) is 78.6 Å². The molecule has 1 N–H and O–H groups in total. The number of cyclic esters (lactones) is 1. The van der Waals surface area contributed by atoms with Crippen LogP contribution in [0.15, 0.2) is 60.7 Å². The van der Waals surface area contributed by atoms with E-state index >= 15 is 0 Å². The van der Waals surface area contributed by atoms with E-state index in [1.165, 1.54) is 7.11 Å². The minimum atomic E-state index is -2.21. The van der Waals surface area contributed by atoms with E-state index in [2.05, 4.69) is 72.0 Å². The van der Waals surface area contributed by atoms with Crippen LogP contribution >= 0.6 is 0 Å². The number of ether oxygens (including phenoxy) is 5. The number of fused-ring (bicyclic) bond motifs is 1. The first-order chi connectivity index (χ1) is 23.6. The monoisotopic (exact) mass is 710 g/mol. The zero-order valence-electron chi connectivity index (χ0n) is 32.3. The molecule has 9 heteroatoms. The molecule has 0 fully saturated rings. The van der Waals surface area contributed by atoms with E-state index in [0.29, 0.717) is 48.7 Å². The molecule has 6 atom stereocenters. The Morgan fingerprint density at radius 1 is 0.960 bits per heavy atom. The second kappa shape index (κ2) is 18.9. The first-order valence-electron chi connectivity index (χ1n) is 17.9. The van der Waals surface area contributed by atoms with Crippen LogP contribution < -0.4 is 14.2 Å². The summed E-state index contributed by atoms with van der Waals surface area (Å²) in [5, 5.41) is 11.1. The Kier molecular flexibility index (Phi) is 15.6. The lowest BCUT2D eigenvalue weighted by Crippen LogP contribution is -2.49. The predicted octanol–water partition coefficient (Wildman–Crippen LogP) is 8.95. The Bertz CT molecular complexity index is 1410. The number of rotatable bonds is 14. The molecule has 0 aliphatic carbocycles. The molecule has 3 rings (SSSR count). The summed E-state index contributed by atoms with van der Waals surface area (Å²) in [4.78, 5) is 14.1. The molecule has 1 heterocycles. The van der Waals surface area contributed by atoms with Crippen molar-refractivity contribution in [1.82, 2.24) is 0 Å².